The number of hydrogen-bond donors (Lipinski definition) is 1. The second-order valence-electron chi connectivity index (χ2n) is 4.62. The highest BCUT2D eigenvalue weighted by molar-refractivity contribution is 5.64. The third-order valence-corrected chi connectivity index (χ3v) is 3.13. The number of nitrogens with zero attached hydrogens (tertiary/aromatic N) is 2. The average molecular weight is 287 g/mol. The largest absolute Gasteiger partial charge is 0.398 e. The highest BCUT2D eigenvalue weighted by Gasteiger charge is 2.13. The number of nitrogens with two attached hydrogens (primary N) is 1. The van der Waals surface area contributed by atoms with Crippen molar-refractivity contribution in [1.82, 2.24) is 10.1 Å². The van der Waals surface area contributed by atoms with Gasteiger partial charge in [0.1, 0.15) is 0 Å². The zero-order chi connectivity index (χ0) is 15.0. The predicted molar refractivity (Wildman–Crippen MR) is 74.2 cm³/mol. The Morgan fingerprint density at radius 3 is 2.48 bits per heavy atom. The Labute approximate surface area is 119 Å². The quantitative estimate of drug-likeness (QED) is 0.732. The minimum Gasteiger partial charge on any atom is -0.398 e. The van der Waals surface area contributed by atoms with Crippen LogP contribution in [0, 0.1) is 18.6 Å². The fourth-order valence-corrected chi connectivity index (χ4v) is 1.87. The monoisotopic (exact) mass is 287 g/mol. The Hall–Kier alpha value is -2.76. The summed E-state index contributed by atoms with van der Waals surface area (Å²) in [4.78, 5) is 4.17. The van der Waals surface area contributed by atoms with Gasteiger partial charge in [-0.15, -0.1) is 0 Å². The van der Waals surface area contributed by atoms with Gasteiger partial charge in [-0.3, -0.25) is 0 Å². The molecule has 0 atom stereocenters. The van der Waals surface area contributed by atoms with E-state index in [1.54, 1.807) is 12.1 Å². The van der Waals surface area contributed by atoms with Crippen LogP contribution in [0.4, 0.5) is 14.5 Å². The molecule has 0 bridgehead atoms. The van der Waals surface area contributed by atoms with Gasteiger partial charge in [-0.2, -0.15) is 4.98 Å². The third-order valence-electron chi connectivity index (χ3n) is 3.13. The Bertz CT molecular complexity index is 748. The van der Waals surface area contributed by atoms with Gasteiger partial charge in [0.05, 0.1) is 0 Å². The summed E-state index contributed by atoms with van der Waals surface area (Å²) in [5.41, 5.74) is 8.39. The van der Waals surface area contributed by atoms with E-state index in [9.17, 15) is 8.78 Å². The topological polar surface area (TPSA) is 64.9 Å². The van der Waals surface area contributed by atoms with E-state index in [2.05, 4.69) is 10.1 Å². The van der Waals surface area contributed by atoms with Crippen LogP contribution in [0.1, 0.15) is 5.56 Å². The van der Waals surface area contributed by atoms with Crippen molar-refractivity contribution >= 4 is 5.69 Å². The van der Waals surface area contributed by atoms with E-state index in [4.69, 9.17) is 10.3 Å². The lowest BCUT2D eigenvalue weighted by Crippen LogP contribution is -1.90. The van der Waals surface area contributed by atoms with Crippen LogP contribution in [0.3, 0.4) is 0 Å². The van der Waals surface area contributed by atoms with E-state index in [0.717, 1.165) is 17.7 Å². The third kappa shape index (κ3) is 2.47. The molecule has 6 heteroatoms. The molecule has 1 aromatic heterocycles. The first-order valence-corrected chi connectivity index (χ1v) is 6.20. The second-order valence-corrected chi connectivity index (χ2v) is 4.62. The van der Waals surface area contributed by atoms with Crippen LogP contribution < -0.4 is 5.73 Å². The van der Waals surface area contributed by atoms with Crippen molar-refractivity contribution in [2.45, 2.75) is 6.92 Å². The summed E-state index contributed by atoms with van der Waals surface area (Å²) in [5, 5.41) is 3.77. The lowest BCUT2D eigenvalue weighted by Gasteiger charge is -2.00. The lowest BCUT2D eigenvalue weighted by atomic mass is 10.1. The number of hydrogen-bond acceptors (Lipinski definition) is 4. The van der Waals surface area contributed by atoms with Crippen LogP contribution in [-0.4, -0.2) is 10.1 Å². The summed E-state index contributed by atoms with van der Waals surface area (Å²) in [6.07, 6.45) is 0. The van der Waals surface area contributed by atoms with Gasteiger partial charge < -0.3 is 10.3 Å². The smallest absolute Gasteiger partial charge is 0.258 e. The molecular weight excluding hydrogens is 276 g/mol. The number of anilines is 1. The Kier molecular flexibility index (Phi) is 3.13. The van der Waals surface area contributed by atoms with Crippen LogP contribution in [0.15, 0.2) is 40.9 Å². The van der Waals surface area contributed by atoms with Crippen molar-refractivity contribution < 1.29 is 13.3 Å². The van der Waals surface area contributed by atoms with Crippen molar-refractivity contribution in [3.8, 4) is 22.8 Å². The van der Waals surface area contributed by atoms with Crippen molar-refractivity contribution in [2.24, 2.45) is 0 Å². The van der Waals surface area contributed by atoms with E-state index in [-0.39, 0.29) is 11.7 Å². The van der Waals surface area contributed by atoms with Crippen LogP contribution in [0.25, 0.3) is 22.8 Å². The molecule has 2 N–H and O–H groups in total. The molecule has 1 heterocycles. The summed E-state index contributed by atoms with van der Waals surface area (Å²) in [7, 11) is 0. The van der Waals surface area contributed by atoms with E-state index in [0.29, 0.717) is 16.8 Å². The van der Waals surface area contributed by atoms with Gasteiger partial charge >= 0.3 is 0 Å². The zero-order valence-corrected chi connectivity index (χ0v) is 11.1. The summed E-state index contributed by atoms with van der Waals surface area (Å²) >= 11 is 0. The van der Waals surface area contributed by atoms with Crippen LogP contribution in [0.2, 0.25) is 0 Å². The average Bonchev–Trinajstić information content (AvgIpc) is 2.94. The predicted octanol–water partition coefficient (Wildman–Crippen LogP) is 3.57. The molecule has 0 radical (unpaired) electrons. The fraction of sp³-hybridized carbons (Fsp3) is 0.0667. The van der Waals surface area contributed by atoms with Crippen molar-refractivity contribution in [3.63, 3.8) is 0 Å². The summed E-state index contributed by atoms with van der Waals surface area (Å²) in [6.45, 7) is 1.89. The minimum atomic E-state index is -0.960. The molecule has 21 heavy (non-hydrogen) atoms. The standard InChI is InChI=1S/C15H11F2N3O/c1-8-2-3-10(7-13(8)18)15-19-14(20-21-15)9-4-5-11(16)12(17)6-9/h2-7H,18H2,1H3. The number of aromatic nitrogens is 2. The molecule has 0 amide bonds. The highest BCUT2D eigenvalue weighted by atomic mass is 19.2. The van der Waals surface area contributed by atoms with Crippen molar-refractivity contribution in [1.29, 1.82) is 0 Å². The Balaban J connectivity index is 1.99. The molecular formula is C15H11F2N3O. The van der Waals surface area contributed by atoms with E-state index in [1.807, 2.05) is 13.0 Å². The molecule has 0 spiro atoms. The molecule has 0 unspecified atom stereocenters. The van der Waals surface area contributed by atoms with E-state index >= 15 is 0 Å². The van der Waals surface area contributed by atoms with Crippen LogP contribution in [-0.2, 0) is 0 Å². The molecule has 0 saturated heterocycles. The molecule has 0 aliphatic rings. The number of halogens is 2. The molecule has 0 aliphatic carbocycles. The molecule has 106 valence electrons. The van der Waals surface area contributed by atoms with Gasteiger partial charge in [-0.05, 0) is 42.8 Å². The Morgan fingerprint density at radius 1 is 1.00 bits per heavy atom. The van der Waals surface area contributed by atoms with Gasteiger partial charge in [0.25, 0.3) is 5.89 Å². The minimum absolute atomic E-state index is 0.183. The van der Waals surface area contributed by atoms with Crippen molar-refractivity contribution in [3.05, 3.63) is 53.6 Å². The van der Waals surface area contributed by atoms with Crippen molar-refractivity contribution in [2.75, 3.05) is 5.73 Å². The first kappa shape index (κ1) is 13.2. The number of nitrogen functional groups attached to an aromatic ring is 1. The molecule has 0 aliphatic heterocycles. The zero-order valence-electron chi connectivity index (χ0n) is 11.1. The maximum absolute atomic E-state index is 13.2. The first-order valence-electron chi connectivity index (χ1n) is 6.20. The van der Waals surface area contributed by atoms with Gasteiger partial charge in [-0.1, -0.05) is 11.2 Å². The van der Waals surface area contributed by atoms with E-state index in [1.165, 1.54) is 6.07 Å². The number of aryl methyl sites for hydroxylation is 1. The fourth-order valence-electron chi connectivity index (χ4n) is 1.87. The SMILES string of the molecule is Cc1ccc(-c2nc(-c3ccc(F)c(F)c3)no2)cc1N. The maximum Gasteiger partial charge on any atom is 0.258 e. The second kappa shape index (κ2) is 4.97. The summed E-state index contributed by atoms with van der Waals surface area (Å²) in [6, 6.07) is 8.78. The maximum atomic E-state index is 13.2. The number of rotatable bonds is 2. The van der Waals surface area contributed by atoms with Crippen LogP contribution in [0.5, 0.6) is 0 Å². The Morgan fingerprint density at radius 2 is 1.76 bits per heavy atom. The van der Waals surface area contributed by atoms with E-state index < -0.39 is 11.6 Å². The van der Waals surface area contributed by atoms with Crippen LogP contribution >= 0.6 is 0 Å². The van der Waals surface area contributed by atoms with Gasteiger partial charge in [0.15, 0.2) is 11.6 Å². The first-order chi connectivity index (χ1) is 10.0. The molecule has 0 fully saturated rings. The molecule has 0 saturated carbocycles. The summed E-state index contributed by atoms with van der Waals surface area (Å²) in [5.74, 6) is -1.43. The summed E-state index contributed by atoms with van der Waals surface area (Å²) < 4.78 is 31.3. The molecule has 4 nitrogen and oxygen atoms in total. The normalized spacial score (nSPS) is 10.8. The van der Waals surface area contributed by atoms with Gasteiger partial charge in [0.2, 0.25) is 5.82 Å². The molecule has 3 rings (SSSR count). The number of benzene rings is 2. The highest BCUT2D eigenvalue weighted by Crippen LogP contribution is 2.25. The molecule has 2 aromatic carbocycles. The van der Waals surface area contributed by atoms with Gasteiger partial charge in [-0.25, -0.2) is 8.78 Å². The van der Waals surface area contributed by atoms with Gasteiger partial charge in [0, 0.05) is 16.8 Å². The molecule has 3 aromatic rings. The lowest BCUT2D eigenvalue weighted by molar-refractivity contribution is 0.432.